The number of hydrogen-bond acceptors (Lipinski definition) is 3. The number of anilines is 1. The monoisotopic (exact) mass is 266 g/mol. The number of aromatic nitrogens is 3. The molecular formula is C16H18N4. The molecule has 0 amide bonds. The lowest BCUT2D eigenvalue weighted by Crippen LogP contribution is -2.03. The Morgan fingerprint density at radius 2 is 1.95 bits per heavy atom. The molecule has 0 fully saturated rings. The molecule has 0 saturated carbocycles. The van der Waals surface area contributed by atoms with Crippen molar-refractivity contribution in [1.29, 1.82) is 0 Å². The van der Waals surface area contributed by atoms with Crippen molar-refractivity contribution < 1.29 is 0 Å². The summed E-state index contributed by atoms with van der Waals surface area (Å²) in [5.74, 6) is 0.651. The Morgan fingerprint density at radius 1 is 1.15 bits per heavy atom. The third kappa shape index (κ3) is 2.50. The van der Waals surface area contributed by atoms with Gasteiger partial charge in [0.15, 0.2) is 5.65 Å². The van der Waals surface area contributed by atoms with Crippen LogP contribution in [-0.4, -0.2) is 14.6 Å². The molecule has 0 unspecified atom stereocenters. The lowest BCUT2D eigenvalue weighted by molar-refractivity contribution is 0.794. The Hall–Kier alpha value is -2.36. The average molecular weight is 266 g/mol. The highest BCUT2D eigenvalue weighted by Crippen LogP contribution is 2.14. The highest BCUT2D eigenvalue weighted by molar-refractivity contribution is 5.52. The van der Waals surface area contributed by atoms with Gasteiger partial charge >= 0.3 is 0 Å². The van der Waals surface area contributed by atoms with E-state index in [0.29, 0.717) is 5.82 Å². The molecule has 102 valence electrons. The molecule has 0 aliphatic rings. The molecule has 4 nitrogen and oxygen atoms in total. The van der Waals surface area contributed by atoms with E-state index >= 15 is 0 Å². The first-order valence-corrected chi connectivity index (χ1v) is 6.88. The molecule has 20 heavy (non-hydrogen) atoms. The SMILES string of the molecule is Cc1cnn2c(N)cc(CCCc3ccccc3)nc12. The summed E-state index contributed by atoms with van der Waals surface area (Å²) in [5, 5.41) is 4.22. The first-order chi connectivity index (χ1) is 9.74. The average Bonchev–Trinajstić information content (AvgIpc) is 2.82. The number of aryl methyl sites for hydroxylation is 3. The van der Waals surface area contributed by atoms with Crippen molar-refractivity contribution in [2.45, 2.75) is 26.2 Å². The van der Waals surface area contributed by atoms with E-state index in [1.807, 2.05) is 19.1 Å². The third-order valence-electron chi connectivity index (χ3n) is 3.47. The van der Waals surface area contributed by atoms with E-state index in [9.17, 15) is 0 Å². The summed E-state index contributed by atoms with van der Waals surface area (Å²) in [6.45, 7) is 2.00. The Bertz CT molecular complexity index is 716. The number of nitrogens with two attached hydrogens (primary N) is 1. The number of hydrogen-bond donors (Lipinski definition) is 1. The van der Waals surface area contributed by atoms with Crippen molar-refractivity contribution in [3.05, 3.63) is 59.4 Å². The third-order valence-corrected chi connectivity index (χ3v) is 3.47. The second kappa shape index (κ2) is 5.33. The molecule has 0 atom stereocenters. The molecule has 2 aromatic heterocycles. The van der Waals surface area contributed by atoms with Gasteiger partial charge in [-0.2, -0.15) is 9.61 Å². The van der Waals surface area contributed by atoms with Crippen LogP contribution in [0.2, 0.25) is 0 Å². The van der Waals surface area contributed by atoms with Gasteiger partial charge in [0, 0.05) is 17.3 Å². The molecule has 0 aliphatic heterocycles. The number of nitrogen functional groups attached to an aromatic ring is 1. The number of rotatable bonds is 4. The van der Waals surface area contributed by atoms with Crippen LogP contribution < -0.4 is 5.73 Å². The van der Waals surface area contributed by atoms with Crippen LogP contribution in [0.1, 0.15) is 23.2 Å². The predicted molar refractivity (Wildman–Crippen MR) is 80.6 cm³/mol. The molecule has 1 aromatic carbocycles. The zero-order valence-corrected chi connectivity index (χ0v) is 11.6. The lowest BCUT2D eigenvalue weighted by Gasteiger charge is -2.05. The fourth-order valence-corrected chi connectivity index (χ4v) is 2.39. The van der Waals surface area contributed by atoms with Gasteiger partial charge in [-0.1, -0.05) is 30.3 Å². The summed E-state index contributed by atoms with van der Waals surface area (Å²) in [6, 6.07) is 12.4. The fraction of sp³-hybridized carbons (Fsp3) is 0.250. The van der Waals surface area contributed by atoms with Crippen LogP contribution in [0.15, 0.2) is 42.6 Å². The van der Waals surface area contributed by atoms with E-state index in [4.69, 9.17) is 5.73 Å². The quantitative estimate of drug-likeness (QED) is 0.790. The molecule has 0 radical (unpaired) electrons. The van der Waals surface area contributed by atoms with Gasteiger partial charge in [-0.15, -0.1) is 0 Å². The summed E-state index contributed by atoms with van der Waals surface area (Å²) in [5.41, 5.74) is 10.3. The Labute approximate surface area is 118 Å². The minimum Gasteiger partial charge on any atom is -0.384 e. The minimum atomic E-state index is 0.651. The highest BCUT2D eigenvalue weighted by Gasteiger charge is 2.07. The van der Waals surface area contributed by atoms with E-state index in [1.54, 1.807) is 10.7 Å². The molecule has 0 aliphatic carbocycles. The van der Waals surface area contributed by atoms with Gasteiger partial charge in [-0.25, -0.2) is 4.98 Å². The van der Waals surface area contributed by atoms with E-state index in [1.165, 1.54) is 5.56 Å². The Morgan fingerprint density at radius 3 is 2.75 bits per heavy atom. The maximum absolute atomic E-state index is 6.01. The molecule has 0 saturated heterocycles. The van der Waals surface area contributed by atoms with Crippen molar-refractivity contribution in [2.75, 3.05) is 5.73 Å². The smallest absolute Gasteiger partial charge is 0.160 e. The van der Waals surface area contributed by atoms with E-state index in [2.05, 4.69) is 34.3 Å². The van der Waals surface area contributed by atoms with Gasteiger partial charge in [0.25, 0.3) is 0 Å². The van der Waals surface area contributed by atoms with Crippen LogP contribution in [0.25, 0.3) is 5.65 Å². The molecule has 0 spiro atoms. The van der Waals surface area contributed by atoms with Crippen molar-refractivity contribution >= 4 is 11.5 Å². The van der Waals surface area contributed by atoms with E-state index < -0.39 is 0 Å². The van der Waals surface area contributed by atoms with Crippen LogP contribution in [0, 0.1) is 6.92 Å². The van der Waals surface area contributed by atoms with Gasteiger partial charge in [-0.05, 0) is 31.7 Å². The largest absolute Gasteiger partial charge is 0.384 e. The molecule has 4 heteroatoms. The summed E-state index contributed by atoms with van der Waals surface area (Å²) in [6.07, 6.45) is 4.86. The number of benzene rings is 1. The zero-order valence-electron chi connectivity index (χ0n) is 11.6. The summed E-state index contributed by atoms with van der Waals surface area (Å²) < 4.78 is 1.69. The van der Waals surface area contributed by atoms with Gasteiger partial charge < -0.3 is 5.73 Å². The standard InChI is InChI=1S/C16H18N4/c1-12-11-18-20-15(17)10-14(19-16(12)20)9-5-8-13-6-3-2-4-7-13/h2-4,6-7,10-11H,5,8-9,17H2,1H3. The van der Waals surface area contributed by atoms with Gasteiger partial charge in [0.1, 0.15) is 5.82 Å². The number of fused-ring (bicyclic) bond motifs is 1. The Balaban J connectivity index is 1.73. The Kier molecular flexibility index (Phi) is 3.37. The summed E-state index contributed by atoms with van der Waals surface area (Å²) in [7, 11) is 0. The lowest BCUT2D eigenvalue weighted by atomic mass is 10.1. The van der Waals surface area contributed by atoms with Crippen LogP contribution >= 0.6 is 0 Å². The van der Waals surface area contributed by atoms with Crippen molar-refractivity contribution in [3.8, 4) is 0 Å². The number of nitrogens with zero attached hydrogens (tertiary/aromatic N) is 3. The normalized spacial score (nSPS) is 11.1. The molecule has 2 N–H and O–H groups in total. The molecule has 2 heterocycles. The van der Waals surface area contributed by atoms with E-state index in [-0.39, 0.29) is 0 Å². The summed E-state index contributed by atoms with van der Waals surface area (Å²) in [4.78, 5) is 4.65. The van der Waals surface area contributed by atoms with Crippen LogP contribution in [0.5, 0.6) is 0 Å². The summed E-state index contributed by atoms with van der Waals surface area (Å²) >= 11 is 0. The van der Waals surface area contributed by atoms with Crippen molar-refractivity contribution in [3.63, 3.8) is 0 Å². The van der Waals surface area contributed by atoms with E-state index in [0.717, 1.165) is 36.2 Å². The van der Waals surface area contributed by atoms with Gasteiger partial charge in [0.05, 0.1) is 6.20 Å². The van der Waals surface area contributed by atoms with Gasteiger partial charge in [-0.3, -0.25) is 0 Å². The minimum absolute atomic E-state index is 0.651. The molecule has 3 rings (SSSR count). The predicted octanol–water partition coefficient (Wildman–Crippen LogP) is 2.80. The van der Waals surface area contributed by atoms with Gasteiger partial charge in [0.2, 0.25) is 0 Å². The maximum atomic E-state index is 6.01. The maximum Gasteiger partial charge on any atom is 0.160 e. The first-order valence-electron chi connectivity index (χ1n) is 6.88. The molecule has 3 aromatic rings. The van der Waals surface area contributed by atoms with Crippen LogP contribution in [-0.2, 0) is 12.8 Å². The molecular weight excluding hydrogens is 248 g/mol. The zero-order chi connectivity index (χ0) is 13.9. The topological polar surface area (TPSA) is 56.2 Å². The first kappa shape index (κ1) is 12.7. The van der Waals surface area contributed by atoms with Crippen molar-refractivity contribution in [1.82, 2.24) is 14.6 Å². The highest BCUT2D eigenvalue weighted by atomic mass is 15.3. The fourth-order valence-electron chi connectivity index (χ4n) is 2.39. The van der Waals surface area contributed by atoms with Crippen LogP contribution in [0.4, 0.5) is 5.82 Å². The second-order valence-electron chi connectivity index (χ2n) is 5.07. The van der Waals surface area contributed by atoms with Crippen molar-refractivity contribution in [2.24, 2.45) is 0 Å². The van der Waals surface area contributed by atoms with Crippen LogP contribution in [0.3, 0.4) is 0 Å². The molecule has 0 bridgehead atoms. The second-order valence-corrected chi connectivity index (χ2v) is 5.07.